The fourth-order valence-electron chi connectivity index (χ4n) is 1.57. The maximum atomic E-state index is 11.2. The van der Waals surface area contributed by atoms with Crippen molar-refractivity contribution in [3.8, 4) is 0 Å². The molecule has 0 radical (unpaired) electrons. The number of thiazole rings is 1. The van der Waals surface area contributed by atoms with E-state index in [1.807, 2.05) is 24.3 Å². The first kappa shape index (κ1) is 12.6. The summed E-state index contributed by atoms with van der Waals surface area (Å²) in [6.45, 7) is 2.21. The molecule has 0 saturated heterocycles. The van der Waals surface area contributed by atoms with Gasteiger partial charge in [-0.1, -0.05) is 29.6 Å². The number of nitrogen functional groups attached to an aromatic ring is 1. The van der Waals surface area contributed by atoms with E-state index in [1.165, 1.54) is 11.3 Å². The fourth-order valence-corrected chi connectivity index (χ4v) is 2.36. The lowest BCUT2D eigenvalue weighted by Gasteiger charge is -1.97. The van der Waals surface area contributed by atoms with Gasteiger partial charge in [0.05, 0.1) is 23.2 Å². The zero-order valence-corrected chi connectivity index (χ0v) is 10.9. The van der Waals surface area contributed by atoms with E-state index in [1.54, 1.807) is 13.0 Å². The Bertz CT molecular complexity index is 590. The molecule has 0 atom stereocenters. The molecule has 0 amide bonds. The third-order valence-corrected chi connectivity index (χ3v) is 3.18. The molecule has 4 nitrogen and oxygen atoms in total. The zero-order chi connectivity index (χ0) is 13.0. The first-order chi connectivity index (χ1) is 8.69. The molecule has 0 aliphatic heterocycles. The highest BCUT2D eigenvalue weighted by Gasteiger charge is 2.01. The second-order valence-corrected chi connectivity index (χ2v) is 4.75. The predicted octanol–water partition coefficient (Wildman–Crippen LogP) is 2.84. The number of anilines is 1. The van der Waals surface area contributed by atoms with E-state index in [0.29, 0.717) is 11.7 Å². The van der Waals surface area contributed by atoms with Gasteiger partial charge in [0.1, 0.15) is 0 Å². The van der Waals surface area contributed by atoms with Gasteiger partial charge >= 0.3 is 5.97 Å². The Morgan fingerprint density at radius 3 is 3.17 bits per heavy atom. The highest BCUT2D eigenvalue weighted by molar-refractivity contribution is 7.22. The highest BCUT2D eigenvalue weighted by Crippen LogP contribution is 2.24. The Morgan fingerprint density at radius 2 is 2.39 bits per heavy atom. The molecule has 2 aromatic rings. The van der Waals surface area contributed by atoms with Crippen molar-refractivity contribution in [1.29, 1.82) is 0 Å². The molecule has 0 aliphatic carbocycles. The summed E-state index contributed by atoms with van der Waals surface area (Å²) in [4.78, 5) is 15.3. The molecule has 1 aromatic heterocycles. The number of hydrogen-bond donors (Lipinski definition) is 1. The number of rotatable bonds is 4. The van der Waals surface area contributed by atoms with Crippen molar-refractivity contribution in [2.75, 3.05) is 12.3 Å². The van der Waals surface area contributed by atoms with E-state index >= 15 is 0 Å². The first-order valence-corrected chi connectivity index (χ1v) is 6.49. The van der Waals surface area contributed by atoms with Gasteiger partial charge in [0.25, 0.3) is 0 Å². The molecule has 0 fully saturated rings. The molecular formula is C13H14N2O2S. The molecule has 0 saturated carbocycles. The predicted molar refractivity (Wildman–Crippen MR) is 74.3 cm³/mol. The van der Waals surface area contributed by atoms with E-state index in [0.717, 1.165) is 15.8 Å². The molecule has 0 bridgehead atoms. The number of benzene rings is 1. The van der Waals surface area contributed by atoms with Gasteiger partial charge in [-0.2, -0.15) is 0 Å². The fraction of sp³-hybridized carbons (Fsp3) is 0.231. The van der Waals surface area contributed by atoms with Crippen molar-refractivity contribution in [2.24, 2.45) is 0 Å². The molecule has 1 aromatic carbocycles. The number of nitrogens with zero attached hydrogens (tertiary/aromatic N) is 1. The summed E-state index contributed by atoms with van der Waals surface area (Å²) in [5, 5.41) is 0.567. The van der Waals surface area contributed by atoms with Gasteiger partial charge in [-0.05, 0) is 24.6 Å². The minimum atomic E-state index is -0.211. The Kier molecular flexibility index (Phi) is 3.94. The smallest absolute Gasteiger partial charge is 0.309 e. The summed E-state index contributed by atoms with van der Waals surface area (Å²) < 4.78 is 5.89. The third kappa shape index (κ3) is 3.07. The standard InChI is InChI=1S/C13H14N2O2S/c1-2-17-12(16)5-3-4-9-6-7-10-11(8-9)18-13(14)15-10/h3-4,6-8H,2,5H2,1H3,(H2,14,15). The lowest BCUT2D eigenvalue weighted by Crippen LogP contribution is -2.01. The Hall–Kier alpha value is -1.88. The van der Waals surface area contributed by atoms with Gasteiger partial charge in [-0.3, -0.25) is 4.79 Å². The lowest BCUT2D eigenvalue weighted by molar-refractivity contribution is -0.142. The minimum Gasteiger partial charge on any atom is -0.466 e. The van der Waals surface area contributed by atoms with Crippen LogP contribution in [-0.2, 0) is 9.53 Å². The van der Waals surface area contributed by atoms with E-state index in [9.17, 15) is 4.79 Å². The van der Waals surface area contributed by atoms with Crippen LogP contribution in [0, 0.1) is 0 Å². The zero-order valence-electron chi connectivity index (χ0n) is 10.1. The lowest BCUT2D eigenvalue weighted by atomic mass is 10.2. The number of hydrogen-bond acceptors (Lipinski definition) is 5. The quantitative estimate of drug-likeness (QED) is 0.860. The molecule has 0 unspecified atom stereocenters. The second-order valence-electron chi connectivity index (χ2n) is 3.69. The van der Waals surface area contributed by atoms with Gasteiger partial charge in [0, 0.05) is 0 Å². The second kappa shape index (κ2) is 5.64. The van der Waals surface area contributed by atoms with E-state index < -0.39 is 0 Å². The maximum absolute atomic E-state index is 11.2. The van der Waals surface area contributed by atoms with Crippen molar-refractivity contribution >= 4 is 38.7 Å². The van der Waals surface area contributed by atoms with Crippen LogP contribution in [0.2, 0.25) is 0 Å². The average molecular weight is 262 g/mol. The molecule has 5 heteroatoms. The molecular weight excluding hydrogens is 248 g/mol. The van der Waals surface area contributed by atoms with Crippen molar-refractivity contribution in [2.45, 2.75) is 13.3 Å². The Labute approximate surface area is 109 Å². The summed E-state index contributed by atoms with van der Waals surface area (Å²) >= 11 is 1.46. The van der Waals surface area contributed by atoms with Gasteiger partial charge < -0.3 is 10.5 Å². The van der Waals surface area contributed by atoms with Gasteiger partial charge in [-0.15, -0.1) is 0 Å². The number of esters is 1. The number of carbonyl (C=O) groups excluding carboxylic acids is 1. The van der Waals surface area contributed by atoms with Crippen LogP contribution in [0.1, 0.15) is 18.9 Å². The van der Waals surface area contributed by atoms with Gasteiger partial charge in [-0.25, -0.2) is 4.98 Å². The van der Waals surface area contributed by atoms with Crippen molar-refractivity contribution in [3.05, 3.63) is 29.8 Å². The molecule has 2 rings (SSSR count). The van der Waals surface area contributed by atoms with E-state index in [-0.39, 0.29) is 12.4 Å². The molecule has 0 spiro atoms. The summed E-state index contributed by atoms with van der Waals surface area (Å²) in [5.74, 6) is -0.211. The number of nitrogens with two attached hydrogens (primary N) is 1. The van der Waals surface area contributed by atoms with E-state index in [4.69, 9.17) is 10.5 Å². The van der Waals surface area contributed by atoms with Crippen LogP contribution in [0.4, 0.5) is 5.13 Å². The van der Waals surface area contributed by atoms with Crippen LogP contribution in [0.3, 0.4) is 0 Å². The highest BCUT2D eigenvalue weighted by atomic mass is 32.1. The molecule has 2 N–H and O–H groups in total. The SMILES string of the molecule is CCOC(=O)CC=Cc1ccc2nc(N)sc2c1. The van der Waals surface area contributed by atoms with Crippen molar-refractivity contribution in [3.63, 3.8) is 0 Å². The molecule has 94 valence electrons. The average Bonchev–Trinajstić information content (AvgIpc) is 2.69. The normalized spacial score (nSPS) is 11.2. The maximum Gasteiger partial charge on any atom is 0.309 e. The molecule has 18 heavy (non-hydrogen) atoms. The monoisotopic (exact) mass is 262 g/mol. The van der Waals surface area contributed by atoms with Crippen LogP contribution in [0.25, 0.3) is 16.3 Å². The van der Waals surface area contributed by atoms with Crippen molar-refractivity contribution in [1.82, 2.24) is 4.98 Å². The number of aromatic nitrogens is 1. The summed E-state index contributed by atoms with van der Waals surface area (Å²) in [6.07, 6.45) is 3.98. The third-order valence-electron chi connectivity index (χ3n) is 2.33. The number of carbonyl (C=O) groups is 1. The van der Waals surface area contributed by atoms with Crippen LogP contribution in [-0.4, -0.2) is 17.6 Å². The van der Waals surface area contributed by atoms with Crippen LogP contribution >= 0.6 is 11.3 Å². The number of fused-ring (bicyclic) bond motifs is 1. The topological polar surface area (TPSA) is 65.2 Å². The minimum absolute atomic E-state index is 0.211. The summed E-state index contributed by atoms with van der Waals surface area (Å²) in [6, 6.07) is 5.88. The number of ether oxygens (including phenoxy) is 1. The van der Waals surface area contributed by atoms with Crippen LogP contribution in [0.5, 0.6) is 0 Å². The Morgan fingerprint density at radius 1 is 1.56 bits per heavy atom. The van der Waals surface area contributed by atoms with Crippen LogP contribution < -0.4 is 5.73 Å². The van der Waals surface area contributed by atoms with Crippen molar-refractivity contribution < 1.29 is 9.53 Å². The first-order valence-electron chi connectivity index (χ1n) is 5.67. The Balaban J connectivity index is 2.07. The van der Waals surface area contributed by atoms with E-state index in [2.05, 4.69) is 4.98 Å². The van der Waals surface area contributed by atoms with Crippen LogP contribution in [0.15, 0.2) is 24.3 Å². The molecule has 0 aliphatic rings. The van der Waals surface area contributed by atoms with Gasteiger partial charge in [0.15, 0.2) is 5.13 Å². The molecule has 1 heterocycles. The summed E-state index contributed by atoms with van der Waals surface area (Å²) in [7, 11) is 0. The largest absolute Gasteiger partial charge is 0.466 e. The van der Waals surface area contributed by atoms with Gasteiger partial charge in [0.2, 0.25) is 0 Å². The summed E-state index contributed by atoms with van der Waals surface area (Å²) in [5.41, 5.74) is 7.57.